The van der Waals surface area contributed by atoms with E-state index in [0.717, 1.165) is 25.9 Å². The second-order valence-corrected chi connectivity index (χ2v) is 4.58. The molecule has 1 amide bonds. The maximum absolute atomic E-state index is 11.7. The predicted molar refractivity (Wildman–Crippen MR) is 58.1 cm³/mol. The molecule has 1 rings (SSSR count). The minimum absolute atomic E-state index is 0.299. The van der Waals surface area contributed by atoms with Crippen LogP contribution in [0.3, 0.4) is 0 Å². The van der Waals surface area contributed by atoms with Gasteiger partial charge in [0.05, 0.1) is 0 Å². The van der Waals surface area contributed by atoms with Crippen LogP contribution in [0.4, 0.5) is 0 Å². The number of likely N-dealkylation sites (N-methyl/N-ethyl adjacent to an activating group) is 1. The van der Waals surface area contributed by atoms with Crippen LogP contribution in [-0.4, -0.2) is 37.0 Å². The molecule has 0 aliphatic carbocycles. The molecule has 0 bridgehead atoms. The topological polar surface area (TPSA) is 32.3 Å². The lowest BCUT2D eigenvalue weighted by Gasteiger charge is -2.24. The van der Waals surface area contributed by atoms with Gasteiger partial charge in [-0.05, 0) is 25.3 Å². The highest BCUT2D eigenvalue weighted by molar-refractivity contribution is 5.76. The first kappa shape index (κ1) is 11.5. The first-order valence-corrected chi connectivity index (χ1v) is 5.57. The smallest absolute Gasteiger partial charge is 0.222 e. The maximum atomic E-state index is 11.7. The summed E-state index contributed by atoms with van der Waals surface area (Å²) in [4.78, 5) is 13.7. The molecule has 1 saturated heterocycles. The molecule has 1 heterocycles. The van der Waals surface area contributed by atoms with Crippen molar-refractivity contribution >= 4 is 5.91 Å². The number of nitrogens with one attached hydrogen (secondary N) is 1. The Labute approximate surface area is 86.9 Å². The van der Waals surface area contributed by atoms with Gasteiger partial charge in [-0.25, -0.2) is 0 Å². The van der Waals surface area contributed by atoms with Gasteiger partial charge in [0.1, 0.15) is 0 Å². The number of hydrogen-bond acceptors (Lipinski definition) is 2. The number of hydrogen-bond donors (Lipinski definition) is 1. The third kappa shape index (κ3) is 3.29. The first-order chi connectivity index (χ1) is 6.61. The van der Waals surface area contributed by atoms with Crippen LogP contribution < -0.4 is 5.32 Å². The summed E-state index contributed by atoms with van der Waals surface area (Å²) in [5.41, 5.74) is 0. The van der Waals surface area contributed by atoms with Crippen molar-refractivity contribution in [2.24, 2.45) is 5.92 Å². The van der Waals surface area contributed by atoms with Crippen molar-refractivity contribution in [3.05, 3.63) is 0 Å². The van der Waals surface area contributed by atoms with Gasteiger partial charge in [0.25, 0.3) is 0 Å². The molecule has 0 aromatic carbocycles. The van der Waals surface area contributed by atoms with Crippen LogP contribution in [0, 0.1) is 5.92 Å². The lowest BCUT2D eigenvalue weighted by Crippen LogP contribution is -2.38. The fourth-order valence-electron chi connectivity index (χ4n) is 1.76. The van der Waals surface area contributed by atoms with Crippen molar-refractivity contribution in [3.63, 3.8) is 0 Å². The van der Waals surface area contributed by atoms with Crippen molar-refractivity contribution < 1.29 is 4.79 Å². The van der Waals surface area contributed by atoms with Crippen molar-refractivity contribution in [3.8, 4) is 0 Å². The molecular weight excluding hydrogens is 176 g/mol. The van der Waals surface area contributed by atoms with E-state index in [1.165, 1.54) is 0 Å². The van der Waals surface area contributed by atoms with E-state index in [0.29, 0.717) is 24.3 Å². The fourth-order valence-corrected chi connectivity index (χ4v) is 1.76. The minimum Gasteiger partial charge on any atom is -0.341 e. The molecule has 1 aliphatic heterocycles. The van der Waals surface area contributed by atoms with Gasteiger partial charge in [0.15, 0.2) is 0 Å². The minimum atomic E-state index is 0.299. The van der Waals surface area contributed by atoms with Gasteiger partial charge in [0, 0.05) is 26.1 Å². The molecule has 1 N–H and O–H groups in total. The SMILES string of the molecule is CC(C)CCC(=O)N(C)C1CCNC1. The van der Waals surface area contributed by atoms with Crippen LogP contribution in [0.15, 0.2) is 0 Å². The zero-order valence-corrected chi connectivity index (χ0v) is 9.55. The summed E-state index contributed by atoms with van der Waals surface area (Å²) in [6.07, 6.45) is 2.80. The summed E-state index contributed by atoms with van der Waals surface area (Å²) < 4.78 is 0. The number of carbonyl (C=O) groups is 1. The van der Waals surface area contributed by atoms with Gasteiger partial charge < -0.3 is 10.2 Å². The molecule has 14 heavy (non-hydrogen) atoms. The van der Waals surface area contributed by atoms with E-state index in [4.69, 9.17) is 0 Å². The average Bonchev–Trinajstić information content (AvgIpc) is 2.65. The molecular formula is C11H22N2O. The first-order valence-electron chi connectivity index (χ1n) is 5.57. The summed E-state index contributed by atoms with van der Waals surface area (Å²) in [6, 6.07) is 0.426. The molecule has 0 aromatic rings. The highest BCUT2D eigenvalue weighted by Gasteiger charge is 2.22. The quantitative estimate of drug-likeness (QED) is 0.737. The van der Waals surface area contributed by atoms with Crippen LogP contribution >= 0.6 is 0 Å². The number of rotatable bonds is 4. The van der Waals surface area contributed by atoms with Gasteiger partial charge in [-0.3, -0.25) is 4.79 Å². The average molecular weight is 198 g/mol. The Balaban J connectivity index is 2.28. The van der Waals surface area contributed by atoms with Gasteiger partial charge >= 0.3 is 0 Å². The van der Waals surface area contributed by atoms with Crippen LogP contribution in [0.1, 0.15) is 33.1 Å². The summed E-state index contributed by atoms with van der Waals surface area (Å²) in [6.45, 7) is 6.32. The molecule has 0 spiro atoms. The largest absolute Gasteiger partial charge is 0.341 e. The second-order valence-electron chi connectivity index (χ2n) is 4.58. The van der Waals surface area contributed by atoms with Crippen molar-refractivity contribution in [2.45, 2.75) is 39.2 Å². The summed E-state index contributed by atoms with van der Waals surface area (Å²) in [7, 11) is 1.93. The third-order valence-corrected chi connectivity index (χ3v) is 2.91. The van der Waals surface area contributed by atoms with Crippen molar-refractivity contribution in [1.29, 1.82) is 0 Å². The molecule has 82 valence electrons. The molecule has 1 aliphatic rings. The zero-order chi connectivity index (χ0) is 10.6. The van der Waals surface area contributed by atoms with E-state index in [1.807, 2.05) is 11.9 Å². The Morgan fingerprint density at radius 1 is 1.57 bits per heavy atom. The lowest BCUT2D eigenvalue weighted by molar-refractivity contribution is -0.131. The van der Waals surface area contributed by atoms with Crippen molar-refractivity contribution in [1.82, 2.24) is 10.2 Å². The van der Waals surface area contributed by atoms with Gasteiger partial charge in [-0.2, -0.15) is 0 Å². The van der Waals surface area contributed by atoms with Crippen molar-refractivity contribution in [2.75, 3.05) is 20.1 Å². The highest BCUT2D eigenvalue weighted by atomic mass is 16.2. The molecule has 1 atom stereocenters. The van der Waals surface area contributed by atoms with E-state index in [2.05, 4.69) is 19.2 Å². The Morgan fingerprint density at radius 3 is 2.79 bits per heavy atom. The Bertz CT molecular complexity index is 186. The summed E-state index contributed by atoms with van der Waals surface area (Å²) in [5.74, 6) is 0.918. The van der Waals surface area contributed by atoms with E-state index in [9.17, 15) is 4.79 Å². The fraction of sp³-hybridized carbons (Fsp3) is 0.909. The number of amides is 1. The normalized spacial score (nSPS) is 21.6. The highest BCUT2D eigenvalue weighted by Crippen LogP contribution is 2.11. The van der Waals surface area contributed by atoms with Crippen LogP contribution in [0.2, 0.25) is 0 Å². The van der Waals surface area contributed by atoms with Crippen LogP contribution in [0.25, 0.3) is 0 Å². The molecule has 0 saturated carbocycles. The van der Waals surface area contributed by atoms with Crippen LogP contribution in [-0.2, 0) is 4.79 Å². The standard InChI is InChI=1S/C11H22N2O/c1-9(2)4-5-11(14)13(3)10-6-7-12-8-10/h9-10,12H,4-8H2,1-3H3. The molecule has 0 radical (unpaired) electrons. The van der Waals surface area contributed by atoms with Gasteiger partial charge in [-0.15, -0.1) is 0 Å². The summed E-state index contributed by atoms with van der Waals surface area (Å²) in [5, 5.41) is 3.28. The summed E-state index contributed by atoms with van der Waals surface area (Å²) >= 11 is 0. The van der Waals surface area contributed by atoms with E-state index >= 15 is 0 Å². The van der Waals surface area contributed by atoms with E-state index in [1.54, 1.807) is 0 Å². The van der Waals surface area contributed by atoms with Gasteiger partial charge in [-0.1, -0.05) is 13.8 Å². The number of carbonyl (C=O) groups excluding carboxylic acids is 1. The van der Waals surface area contributed by atoms with Crippen LogP contribution in [0.5, 0.6) is 0 Å². The lowest BCUT2D eigenvalue weighted by atomic mass is 10.1. The molecule has 0 aromatic heterocycles. The van der Waals surface area contributed by atoms with E-state index in [-0.39, 0.29) is 0 Å². The molecule has 1 unspecified atom stereocenters. The third-order valence-electron chi connectivity index (χ3n) is 2.91. The Morgan fingerprint density at radius 2 is 2.29 bits per heavy atom. The predicted octanol–water partition coefficient (Wildman–Crippen LogP) is 1.24. The maximum Gasteiger partial charge on any atom is 0.222 e. The second kappa shape index (κ2) is 5.35. The molecule has 1 fully saturated rings. The molecule has 3 nitrogen and oxygen atoms in total. The number of nitrogens with zero attached hydrogens (tertiary/aromatic N) is 1. The van der Waals surface area contributed by atoms with Gasteiger partial charge in [0.2, 0.25) is 5.91 Å². The Hall–Kier alpha value is -0.570. The monoisotopic (exact) mass is 198 g/mol. The van der Waals surface area contributed by atoms with E-state index < -0.39 is 0 Å². The molecule has 3 heteroatoms. The Kier molecular flexibility index (Phi) is 4.39. The zero-order valence-electron chi connectivity index (χ0n) is 9.55.